The molecule has 6 aromatic rings. The molecule has 27 heteroatoms. The van der Waals surface area contributed by atoms with Crippen LogP contribution in [0.25, 0.3) is 0 Å². The Morgan fingerprint density at radius 1 is 0.562 bits per heavy atom. The van der Waals surface area contributed by atoms with E-state index in [1.807, 2.05) is 67.6 Å². The third-order valence-corrected chi connectivity index (χ3v) is 20.1. The standard InChI is InChI=1S/C24H30FN7O.C21H22ClFN4O2.C12H12ClFN4O.C12H19N3/c1-14-11-17(5-6-19(14)32-9-7-31(2)8-10-32)28-24-27-13-18(25)23(30-24)29-21-16-4-3-15(12-16)20(21)22(26)33;1-11(12-5-7-15(29-2)8-6-12)25-20(28)17-13-3-4-14(9-13)18(17)26-19-16(23)10-24-21(22)27-19;13-12-16-4-7(14)11(18-12)17-9-6-2-1-5(3-6)8(9)10(15)19;1-10-9-11(13)3-4-12(10)15-7-5-14(2)6-8-15/h3-6,11,13,15-16,20-21H,7-10,12H2,1-2H3,(H2,26,33)(H2,27,28,29,30);3-8,10-11,13-14,17-18H,9H2,1-2H3,(H,25,28)(H,24,26,27);1-2,4-6,8-9H,3H2,(H2,15,19)(H,16,17,18);3-4,9H,5-8,13H2,1-2H3/t15-,16+,20+,21-;11-,13+,14-,17-,18+;5-,6+,8+,9-;/m010./s1. The summed E-state index contributed by atoms with van der Waals surface area (Å²) >= 11 is 11.5. The van der Waals surface area contributed by atoms with Crippen LogP contribution in [0.1, 0.15) is 48.9 Å². The van der Waals surface area contributed by atoms with Gasteiger partial charge in [-0.2, -0.15) is 15.0 Å². The number of ether oxygens (including phenoxy) is 1. The molecule has 3 aromatic carbocycles. The number of nitrogen functional groups attached to an aromatic ring is 1. The summed E-state index contributed by atoms with van der Waals surface area (Å²) in [5.74, 6) is -1.63. The number of benzene rings is 3. The van der Waals surface area contributed by atoms with Crippen molar-refractivity contribution in [3.8, 4) is 5.75 Å². The van der Waals surface area contributed by atoms with E-state index in [2.05, 4.69) is 140 Å². The first kappa shape index (κ1) is 68.6. The number of nitrogens with one attached hydrogen (secondary N) is 5. The summed E-state index contributed by atoms with van der Waals surface area (Å²) in [7, 11) is 5.93. The summed E-state index contributed by atoms with van der Waals surface area (Å²) in [6.07, 6.45) is 18.0. The molecule has 2 saturated heterocycles. The van der Waals surface area contributed by atoms with Gasteiger partial charge in [-0.15, -0.1) is 0 Å². The number of amides is 3. The van der Waals surface area contributed by atoms with Crippen molar-refractivity contribution in [3.05, 3.63) is 160 Å². The third-order valence-electron chi connectivity index (χ3n) is 19.8. The van der Waals surface area contributed by atoms with E-state index in [-0.39, 0.29) is 123 Å². The molecule has 96 heavy (non-hydrogen) atoms. The van der Waals surface area contributed by atoms with E-state index in [9.17, 15) is 27.6 Å². The number of allylic oxidation sites excluding steroid dienone is 3. The Kier molecular flexibility index (Phi) is 21.5. The van der Waals surface area contributed by atoms with Crippen LogP contribution in [0.5, 0.6) is 5.75 Å². The van der Waals surface area contributed by atoms with Gasteiger partial charge in [0, 0.05) is 93.2 Å². The Balaban J connectivity index is 0.000000136. The van der Waals surface area contributed by atoms with E-state index in [0.717, 1.165) is 118 Å². The lowest BCUT2D eigenvalue weighted by molar-refractivity contribution is -0.126. The maximum atomic E-state index is 14.5. The van der Waals surface area contributed by atoms with Crippen molar-refractivity contribution in [2.45, 2.75) is 64.2 Å². The average molecular weight is 1360 g/mol. The molecular weight excluding hydrogens is 1270 g/mol. The lowest BCUT2D eigenvalue weighted by atomic mass is 9.87. The zero-order chi connectivity index (χ0) is 68.1. The number of carbonyl (C=O) groups is 3. The average Bonchev–Trinajstić information content (AvgIpc) is 1.66. The third kappa shape index (κ3) is 15.9. The van der Waals surface area contributed by atoms with Crippen molar-refractivity contribution >= 4 is 87.1 Å². The maximum Gasteiger partial charge on any atom is 0.229 e. The van der Waals surface area contributed by atoms with Crippen LogP contribution in [0.3, 0.4) is 0 Å². The Labute approximate surface area is 567 Å². The van der Waals surface area contributed by atoms with Crippen LogP contribution in [0.15, 0.2) is 116 Å². The SMILES string of the molecule is COc1ccc([C@@H](C)NC(=O)[C@H]2[C@@H](Nc3nc(Cl)ncc3F)[C@@H]3C=C[C@H]2C3)cc1.Cc1cc(N)ccc1N1CCN(C)CC1.Cc1cc(Nc2ncc(F)c(N[C@@H]3[C@H](C(N)=O)[C@H]4C=C[C@@H]3C4)n2)ccc1N1CCN(C)CC1.NC(=O)[C@H]1[C@@H](Nc2nc(Cl)ncc2F)[C@@H]2C=C[C@H]1C2. The zero-order valence-electron chi connectivity index (χ0n) is 54.5. The molecule has 3 saturated carbocycles. The van der Waals surface area contributed by atoms with Crippen LogP contribution in [0.4, 0.5) is 59.3 Å². The number of methoxy groups -OCH3 is 1. The fraction of sp³-hybridized carbons (Fsp3) is 0.435. The van der Waals surface area contributed by atoms with Gasteiger partial charge in [-0.1, -0.05) is 48.6 Å². The van der Waals surface area contributed by atoms with Gasteiger partial charge in [0.1, 0.15) is 5.75 Å². The minimum absolute atomic E-state index is 0.0113. The maximum absolute atomic E-state index is 14.5. The number of aromatic nitrogens is 6. The van der Waals surface area contributed by atoms with Crippen molar-refractivity contribution in [2.24, 2.45) is 64.7 Å². The molecule has 6 aliphatic carbocycles. The molecule has 2 aliphatic heterocycles. The fourth-order valence-corrected chi connectivity index (χ4v) is 15.0. The molecule has 5 heterocycles. The molecule has 508 valence electrons. The molecule has 14 rings (SSSR count). The number of piperazine rings is 2. The molecule has 3 aromatic heterocycles. The van der Waals surface area contributed by atoms with Gasteiger partial charge in [-0.25, -0.2) is 28.1 Å². The van der Waals surface area contributed by atoms with Crippen LogP contribution < -0.4 is 58.3 Å². The Bertz CT molecular complexity index is 3880. The summed E-state index contributed by atoms with van der Waals surface area (Å²) < 4.78 is 47.4. The van der Waals surface area contributed by atoms with Gasteiger partial charge >= 0.3 is 0 Å². The number of hydrogen-bond donors (Lipinski definition) is 8. The fourth-order valence-electron chi connectivity index (χ4n) is 14.7. The molecule has 8 aliphatic rings. The summed E-state index contributed by atoms with van der Waals surface area (Å²) in [4.78, 5) is 69.6. The van der Waals surface area contributed by atoms with Crippen LogP contribution in [-0.4, -0.2) is 149 Å². The number of likely N-dealkylation sites (N-methyl/N-ethyl adjacent to an activating group) is 2. The zero-order valence-corrected chi connectivity index (χ0v) is 56.0. The number of aryl methyl sites for hydroxylation is 2. The van der Waals surface area contributed by atoms with Crippen LogP contribution in [0, 0.1) is 84.6 Å². The quantitative estimate of drug-likeness (QED) is 0.0255. The number of hydrogen-bond acceptors (Lipinski definition) is 19. The molecule has 22 nitrogen and oxygen atoms in total. The lowest BCUT2D eigenvalue weighted by Crippen LogP contribution is -2.44. The highest BCUT2D eigenvalue weighted by Crippen LogP contribution is 2.48. The van der Waals surface area contributed by atoms with Crippen LogP contribution in [0.2, 0.25) is 10.6 Å². The van der Waals surface area contributed by atoms with E-state index < -0.39 is 17.5 Å². The van der Waals surface area contributed by atoms with Crippen molar-refractivity contribution in [1.29, 1.82) is 0 Å². The molecule has 0 spiro atoms. The van der Waals surface area contributed by atoms with Gasteiger partial charge in [0.2, 0.25) is 34.2 Å². The summed E-state index contributed by atoms with van der Waals surface area (Å²) in [6.45, 7) is 14.8. The number of fused-ring (bicyclic) bond motifs is 6. The number of primary amides is 2. The van der Waals surface area contributed by atoms with E-state index in [1.54, 1.807) is 7.11 Å². The van der Waals surface area contributed by atoms with Crippen LogP contribution in [-0.2, 0) is 14.4 Å². The molecular formula is C69H83Cl2F3N18O4. The van der Waals surface area contributed by atoms with Crippen molar-refractivity contribution in [1.82, 2.24) is 45.0 Å². The topological polar surface area (TPSA) is 289 Å². The van der Waals surface area contributed by atoms with E-state index in [1.165, 1.54) is 16.9 Å². The Morgan fingerprint density at radius 3 is 1.43 bits per heavy atom. The summed E-state index contributed by atoms with van der Waals surface area (Å²) in [5, 5.41) is 15.4. The number of anilines is 8. The van der Waals surface area contributed by atoms with Gasteiger partial charge < -0.3 is 68.1 Å². The largest absolute Gasteiger partial charge is 0.497 e. The Hall–Kier alpha value is -8.78. The second-order valence-corrected chi connectivity index (χ2v) is 26.7. The smallest absolute Gasteiger partial charge is 0.229 e. The number of halogens is 5. The predicted octanol–water partition coefficient (Wildman–Crippen LogP) is 8.95. The van der Waals surface area contributed by atoms with Gasteiger partial charge in [-0.05, 0) is 178 Å². The van der Waals surface area contributed by atoms with Gasteiger partial charge in [0.15, 0.2) is 34.9 Å². The molecule has 13 atom stereocenters. The van der Waals surface area contributed by atoms with Gasteiger partial charge in [-0.3, -0.25) is 14.4 Å². The number of rotatable bonds is 16. The van der Waals surface area contributed by atoms with Crippen LogP contribution >= 0.6 is 23.2 Å². The minimum atomic E-state index is -0.598. The second kappa shape index (κ2) is 30.1. The molecule has 3 amide bonds. The number of carbonyl (C=O) groups excluding carboxylic acids is 3. The minimum Gasteiger partial charge on any atom is -0.497 e. The van der Waals surface area contributed by atoms with Crippen molar-refractivity contribution < 1.29 is 32.3 Å². The first-order valence-electron chi connectivity index (χ1n) is 32.4. The van der Waals surface area contributed by atoms with Crippen molar-refractivity contribution in [2.75, 3.05) is 110 Å². The molecule has 5 fully saturated rings. The monoisotopic (exact) mass is 1350 g/mol. The van der Waals surface area contributed by atoms with Gasteiger partial charge in [0.25, 0.3) is 0 Å². The predicted molar refractivity (Wildman–Crippen MR) is 368 cm³/mol. The van der Waals surface area contributed by atoms with E-state index in [0.29, 0.717) is 5.95 Å². The normalized spacial score (nSPS) is 26.0. The highest BCUT2D eigenvalue weighted by Gasteiger charge is 2.50. The highest BCUT2D eigenvalue weighted by molar-refractivity contribution is 6.28. The first-order chi connectivity index (χ1) is 46.1. The molecule has 0 radical (unpaired) electrons. The van der Waals surface area contributed by atoms with E-state index in [4.69, 9.17) is 45.1 Å². The number of nitrogens with two attached hydrogens (primary N) is 3. The summed E-state index contributed by atoms with van der Waals surface area (Å²) in [6, 6.07) is 19.0. The highest BCUT2D eigenvalue weighted by atomic mass is 35.5. The molecule has 11 N–H and O–H groups in total. The number of nitrogens with zero attached hydrogens (tertiary/aromatic N) is 10. The Morgan fingerprint density at radius 2 is 0.979 bits per heavy atom. The second-order valence-electron chi connectivity index (χ2n) is 26.1. The van der Waals surface area contributed by atoms with E-state index >= 15 is 0 Å². The molecule has 6 bridgehead atoms. The molecule has 0 unspecified atom stereocenters. The van der Waals surface area contributed by atoms with Gasteiger partial charge in [0.05, 0.1) is 49.5 Å². The first-order valence-corrected chi connectivity index (χ1v) is 33.2. The summed E-state index contributed by atoms with van der Waals surface area (Å²) in [5.41, 5.74) is 24.5. The lowest BCUT2D eigenvalue weighted by Gasteiger charge is -2.35. The van der Waals surface area contributed by atoms with Crippen molar-refractivity contribution in [3.63, 3.8) is 0 Å².